The van der Waals surface area contributed by atoms with Gasteiger partial charge in [-0.15, -0.1) is 11.3 Å². The fraction of sp³-hybridized carbons (Fsp3) is 0.118. The SMILES string of the molecule is O=c1c2sc3ncccc3c2[nH]c(=S)n1Cc1ccc2c(c1)OCO2. The molecule has 0 bridgehead atoms. The van der Waals surface area contributed by atoms with E-state index in [9.17, 15) is 4.79 Å². The lowest BCUT2D eigenvalue weighted by molar-refractivity contribution is 0.174. The smallest absolute Gasteiger partial charge is 0.272 e. The maximum atomic E-state index is 13.0. The second kappa shape index (κ2) is 5.40. The van der Waals surface area contributed by atoms with Crippen molar-refractivity contribution in [2.75, 3.05) is 6.79 Å². The van der Waals surface area contributed by atoms with Crippen LogP contribution in [-0.2, 0) is 6.54 Å². The molecule has 0 fully saturated rings. The van der Waals surface area contributed by atoms with E-state index in [0.717, 1.165) is 21.3 Å². The number of nitrogens with one attached hydrogen (secondary N) is 1. The highest BCUT2D eigenvalue weighted by Gasteiger charge is 2.16. The Labute approximate surface area is 150 Å². The van der Waals surface area contributed by atoms with E-state index in [2.05, 4.69) is 9.97 Å². The van der Waals surface area contributed by atoms with Crippen molar-refractivity contribution >= 4 is 44.0 Å². The van der Waals surface area contributed by atoms with Gasteiger partial charge >= 0.3 is 0 Å². The van der Waals surface area contributed by atoms with E-state index in [4.69, 9.17) is 21.7 Å². The Morgan fingerprint density at radius 2 is 2.16 bits per heavy atom. The van der Waals surface area contributed by atoms with E-state index < -0.39 is 0 Å². The van der Waals surface area contributed by atoms with Gasteiger partial charge in [-0.1, -0.05) is 6.07 Å². The van der Waals surface area contributed by atoms with Crippen LogP contribution in [0.5, 0.6) is 11.5 Å². The second-order valence-electron chi connectivity index (χ2n) is 5.67. The third kappa shape index (κ3) is 2.25. The van der Waals surface area contributed by atoms with Crippen molar-refractivity contribution < 1.29 is 9.47 Å². The zero-order valence-electron chi connectivity index (χ0n) is 12.8. The minimum Gasteiger partial charge on any atom is -0.454 e. The number of ether oxygens (including phenoxy) is 2. The Morgan fingerprint density at radius 3 is 3.08 bits per heavy atom. The van der Waals surface area contributed by atoms with Gasteiger partial charge in [0.25, 0.3) is 5.56 Å². The molecule has 0 atom stereocenters. The average molecular weight is 369 g/mol. The molecule has 8 heteroatoms. The van der Waals surface area contributed by atoms with E-state index in [1.165, 1.54) is 11.3 Å². The quantitative estimate of drug-likeness (QED) is 0.548. The standard InChI is InChI=1S/C17H11N3O3S2/c21-16-14-13(10-2-1-5-18-15(10)25-14)19-17(24)20(16)7-9-3-4-11-12(6-9)23-8-22-11/h1-6H,7-8H2,(H,19,24). The van der Waals surface area contributed by atoms with Gasteiger partial charge in [-0.2, -0.15) is 0 Å². The van der Waals surface area contributed by atoms with E-state index in [0.29, 0.717) is 27.5 Å². The summed E-state index contributed by atoms with van der Waals surface area (Å²) in [6.45, 7) is 0.585. The Hall–Kier alpha value is -2.71. The van der Waals surface area contributed by atoms with Gasteiger partial charge in [-0.3, -0.25) is 9.36 Å². The highest BCUT2D eigenvalue weighted by molar-refractivity contribution is 7.71. The molecule has 1 N–H and O–H groups in total. The molecule has 0 spiro atoms. The van der Waals surface area contributed by atoms with Crippen LogP contribution in [0.25, 0.3) is 20.4 Å². The molecule has 5 rings (SSSR count). The number of hydrogen-bond donors (Lipinski definition) is 1. The summed E-state index contributed by atoms with van der Waals surface area (Å²) in [7, 11) is 0. The number of fused-ring (bicyclic) bond motifs is 4. The van der Waals surface area contributed by atoms with Gasteiger partial charge in [0.15, 0.2) is 16.3 Å². The molecule has 1 aliphatic heterocycles. The van der Waals surface area contributed by atoms with Gasteiger partial charge in [0.1, 0.15) is 9.53 Å². The van der Waals surface area contributed by atoms with Crippen LogP contribution in [0, 0.1) is 4.77 Å². The van der Waals surface area contributed by atoms with Gasteiger partial charge in [0, 0.05) is 11.6 Å². The van der Waals surface area contributed by atoms with E-state index in [-0.39, 0.29) is 12.4 Å². The lowest BCUT2D eigenvalue weighted by atomic mass is 10.2. The number of aromatic nitrogens is 3. The summed E-state index contributed by atoms with van der Waals surface area (Å²) in [6.07, 6.45) is 1.72. The van der Waals surface area contributed by atoms with Crippen molar-refractivity contribution in [3.8, 4) is 11.5 Å². The number of benzene rings is 1. The summed E-state index contributed by atoms with van der Waals surface area (Å²) >= 11 is 6.81. The molecule has 3 aromatic heterocycles. The molecule has 0 aliphatic carbocycles. The van der Waals surface area contributed by atoms with E-state index in [1.54, 1.807) is 10.8 Å². The zero-order valence-corrected chi connectivity index (χ0v) is 14.4. The molecular weight excluding hydrogens is 358 g/mol. The van der Waals surface area contributed by atoms with E-state index >= 15 is 0 Å². The molecule has 124 valence electrons. The first-order valence-corrected chi connectivity index (χ1v) is 8.82. The van der Waals surface area contributed by atoms with Crippen LogP contribution in [0.2, 0.25) is 0 Å². The monoisotopic (exact) mass is 369 g/mol. The molecule has 0 unspecified atom stereocenters. The van der Waals surface area contributed by atoms with Gasteiger partial charge in [0.2, 0.25) is 6.79 Å². The first-order valence-electron chi connectivity index (χ1n) is 7.59. The Bertz CT molecular complexity index is 1260. The first kappa shape index (κ1) is 14.6. The molecule has 1 aliphatic rings. The largest absolute Gasteiger partial charge is 0.454 e. The van der Waals surface area contributed by atoms with Crippen molar-refractivity contribution in [3.05, 3.63) is 57.2 Å². The van der Waals surface area contributed by atoms with Crippen LogP contribution in [0.4, 0.5) is 0 Å². The minimum atomic E-state index is -0.112. The maximum absolute atomic E-state index is 13.0. The van der Waals surface area contributed by atoms with Crippen molar-refractivity contribution in [3.63, 3.8) is 0 Å². The Morgan fingerprint density at radius 1 is 1.28 bits per heavy atom. The molecule has 25 heavy (non-hydrogen) atoms. The number of thiophene rings is 1. The molecule has 0 amide bonds. The van der Waals surface area contributed by atoms with Crippen molar-refractivity contribution in [1.82, 2.24) is 14.5 Å². The van der Waals surface area contributed by atoms with Gasteiger partial charge in [-0.25, -0.2) is 4.98 Å². The van der Waals surface area contributed by atoms with Gasteiger partial charge in [0.05, 0.1) is 12.1 Å². The number of hydrogen-bond acceptors (Lipinski definition) is 6. The molecule has 6 nitrogen and oxygen atoms in total. The third-order valence-corrected chi connectivity index (χ3v) is 5.58. The summed E-state index contributed by atoms with van der Waals surface area (Å²) in [5.74, 6) is 1.40. The summed E-state index contributed by atoms with van der Waals surface area (Å²) in [5, 5.41) is 0.918. The molecule has 4 heterocycles. The van der Waals surface area contributed by atoms with Crippen LogP contribution in [-0.4, -0.2) is 21.3 Å². The predicted molar refractivity (Wildman–Crippen MR) is 98.2 cm³/mol. The van der Waals surface area contributed by atoms with E-state index in [1.807, 2.05) is 30.3 Å². The Kier molecular flexibility index (Phi) is 3.16. The Balaban J connectivity index is 1.67. The highest BCUT2D eigenvalue weighted by Crippen LogP contribution is 2.33. The van der Waals surface area contributed by atoms with Gasteiger partial charge < -0.3 is 14.5 Å². The number of pyridine rings is 1. The number of H-pyrrole nitrogens is 1. The van der Waals surface area contributed by atoms with Crippen LogP contribution >= 0.6 is 23.6 Å². The lowest BCUT2D eigenvalue weighted by Crippen LogP contribution is -2.21. The molecule has 0 saturated heterocycles. The summed E-state index contributed by atoms with van der Waals surface area (Å²) in [6, 6.07) is 9.42. The first-order chi connectivity index (χ1) is 12.2. The molecule has 4 aromatic rings. The fourth-order valence-corrected chi connectivity index (χ4v) is 4.26. The summed E-state index contributed by atoms with van der Waals surface area (Å²) < 4.78 is 13.3. The third-order valence-electron chi connectivity index (χ3n) is 4.16. The van der Waals surface area contributed by atoms with Crippen LogP contribution in [0.15, 0.2) is 41.3 Å². The molecule has 0 saturated carbocycles. The van der Waals surface area contributed by atoms with Crippen molar-refractivity contribution in [2.24, 2.45) is 0 Å². The number of nitrogens with zero attached hydrogens (tertiary/aromatic N) is 2. The lowest BCUT2D eigenvalue weighted by Gasteiger charge is -2.07. The number of rotatable bonds is 2. The summed E-state index contributed by atoms with van der Waals surface area (Å²) in [4.78, 5) is 21.3. The number of aromatic amines is 1. The van der Waals surface area contributed by atoms with Gasteiger partial charge in [-0.05, 0) is 42.0 Å². The topological polar surface area (TPSA) is 69.1 Å². The fourth-order valence-electron chi connectivity index (χ4n) is 2.96. The molecule has 1 aromatic carbocycles. The molecular formula is C17H11N3O3S2. The normalized spacial score (nSPS) is 13.0. The zero-order chi connectivity index (χ0) is 17.0. The average Bonchev–Trinajstić information content (AvgIpc) is 3.23. The van der Waals surface area contributed by atoms with Crippen LogP contribution < -0.4 is 15.0 Å². The second-order valence-corrected chi connectivity index (χ2v) is 7.06. The van der Waals surface area contributed by atoms with Crippen LogP contribution in [0.3, 0.4) is 0 Å². The summed E-state index contributed by atoms with van der Waals surface area (Å²) in [5.41, 5.74) is 1.56. The van der Waals surface area contributed by atoms with Crippen LogP contribution in [0.1, 0.15) is 5.56 Å². The maximum Gasteiger partial charge on any atom is 0.272 e. The van der Waals surface area contributed by atoms with Crippen molar-refractivity contribution in [2.45, 2.75) is 6.54 Å². The van der Waals surface area contributed by atoms with Crippen molar-refractivity contribution in [1.29, 1.82) is 0 Å². The molecule has 0 radical (unpaired) electrons. The highest BCUT2D eigenvalue weighted by atomic mass is 32.1. The minimum absolute atomic E-state index is 0.112. The predicted octanol–water partition coefficient (Wildman–Crippen LogP) is 3.45.